The molecule has 0 saturated heterocycles. The van der Waals surface area contributed by atoms with E-state index in [1.165, 1.54) is 19.1 Å². The van der Waals surface area contributed by atoms with Crippen LogP contribution in [0.2, 0.25) is 0 Å². The van der Waals surface area contributed by atoms with Crippen molar-refractivity contribution in [3.8, 4) is 16.9 Å². The lowest BCUT2D eigenvalue weighted by molar-refractivity contribution is -0.710. The zero-order valence-electron chi connectivity index (χ0n) is 25.0. The van der Waals surface area contributed by atoms with Gasteiger partial charge in [-0.25, -0.2) is 22.6 Å². The van der Waals surface area contributed by atoms with E-state index in [0.717, 1.165) is 35.5 Å². The van der Waals surface area contributed by atoms with E-state index in [4.69, 9.17) is 4.74 Å². The van der Waals surface area contributed by atoms with Gasteiger partial charge in [-0.05, 0) is 65.0 Å². The summed E-state index contributed by atoms with van der Waals surface area (Å²) in [5.41, 5.74) is -0.370. The van der Waals surface area contributed by atoms with Crippen molar-refractivity contribution in [3.63, 3.8) is 0 Å². The van der Waals surface area contributed by atoms with Crippen LogP contribution < -0.4 is 4.72 Å². The van der Waals surface area contributed by atoms with Gasteiger partial charge in [0.05, 0.1) is 28.3 Å². The van der Waals surface area contributed by atoms with Gasteiger partial charge < -0.3 is 19.5 Å². The summed E-state index contributed by atoms with van der Waals surface area (Å²) in [6.07, 6.45) is -5.80. The van der Waals surface area contributed by atoms with Crippen molar-refractivity contribution in [2.24, 2.45) is 5.28 Å². The molecule has 0 aliphatic heterocycles. The van der Waals surface area contributed by atoms with Crippen LogP contribution in [0.15, 0.2) is 64.8 Å². The van der Waals surface area contributed by atoms with E-state index in [2.05, 4.69) is 20.0 Å². The highest BCUT2D eigenvalue weighted by Gasteiger charge is 2.35. The van der Waals surface area contributed by atoms with Crippen molar-refractivity contribution in [1.82, 2.24) is 19.5 Å². The van der Waals surface area contributed by atoms with Crippen LogP contribution in [-0.2, 0) is 35.3 Å². The molecule has 1 amide bonds. The van der Waals surface area contributed by atoms with E-state index in [0.29, 0.717) is 10.6 Å². The predicted octanol–water partition coefficient (Wildman–Crippen LogP) is 4.71. The molecule has 0 aliphatic rings. The van der Waals surface area contributed by atoms with Gasteiger partial charge in [0.15, 0.2) is 11.7 Å². The fourth-order valence-electron chi connectivity index (χ4n) is 3.49. The number of alkyl halides is 3. The lowest BCUT2D eigenvalue weighted by atomic mass is 10.1. The summed E-state index contributed by atoms with van der Waals surface area (Å²) in [7, 11) is -3.37. The summed E-state index contributed by atoms with van der Waals surface area (Å²) >= 11 is 0. The standard InChI is InChI=1S/C27H31F3N6O8S/c1-17-7-9-19(10-8-17)22-15-23(27(28,29)30)31-35(22)20-11-13-21(14-12-20)45(40,41)32-24(37)18(2)34(6)36(39)33-43-16-42-25(38)44-26(3,4)5/h7-15,18H,16H2,1-6H3,(H,32,37)/t18-/m0/s1. The van der Waals surface area contributed by atoms with Gasteiger partial charge in [-0.15, -0.1) is 5.01 Å². The fraction of sp³-hybridized carbons (Fsp3) is 0.370. The normalized spacial score (nSPS) is 13.1. The van der Waals surface area contributed by atoms with Gasteiger partial charge >= 0.3 is 12.3 Å². The van der Waals surface area contributed by atoms with Crippen LogP contribution in [0.1, 0.15) is 39.0 Å². The quantitative estimate of drug-likeness (QED) is 0.0806. The lowest BCUT2D eigenvalue weighted by Crippen LogP contribution is -2.47. The predicted molar refractivity (Wildman–Crippen MR) is 151 cm³/mol. The second-order valence-corrected chi connectivity index (χ2v) is 12.3. The average molecular weight is 657 g/mol. The number of hydrogen-bond donors (Lipinski definition) is 1. The van der Waals surface area contributed by atoms with E-state index in [1.54, 1.807) is 45.0 Å². The molecule has 3 rings (SSSR count). The Morgan fingerprint density at radius 1 is 1.11 bits per heavy atom. The molecule has 1 N–H and O–H groups in total. The minimum atomic E-state index is -4.73. The molecule has 0 bridgehead atoms. The molecule has 0 radical (unpaired) electrons. The maximum absolute atomic E-state index is 13.5. The number of hydrazine groups is 1. The highest BCUT2D eigenvalue weighted by atomic mass is 32.2. The molecule has 1 heterocycles. The maximum Gasteiger partial charge on any atom is 0.511 e. The zero-order chi connectivity index (χ0) is 33.7. The van der Waals surface area contributed by atoms with Crippen LogP contribution >= 0.6 is 0 Å². The summed E-state index contributed by atoms with van der Waals surface area (Å²) in [6, 6.07) is 10.8. The third-order valence-corrected chi connectivity index (χ3v) is 7.29. The molecule has 45 heavy (non-hydrogen) atoms. The van der Waals surface area contributed by atoms with Crippen LogP contribution in [0, 0.1) is 12.1 Å². The molecule has 0 spiro atoms. The van der Waals surface area contributed by atoms with E-state index >= 15 is 0 Å². The van der Waals surface area contributed by atoms with Crippen molar-refractivity contribution >= 4 is 22.1 Å². The number of likely N-dealkylation sites (N-methyl/N-ethyl adjacent to an activating group) is 1. The number of aromatic nitrogens is 2. The Morgan fingerprint density at radius 3 is 2.27 bits per heavy atom. The molecule has 0 unspecified atom stereocenters. The van der Waals surface area contributed by atoms with Gasteiger partial charge in [0.2, 0.25) is 5.28 Å². The van der Waals surface area contributed by atoms with Crippen molar-refractivity contribution < 1.29 is 50.5 Å². The number of hydrogen-bond acceptors (Lipinski definition) is 10. The Balaban J connectivity index is 1.71. The Kier molecular flexibility index (Phi) is 10.3. The molecule has 2 aromatic carbocycles. The number of amides is 1. The Bertz CT molecular complexity index is 1650. The third-order valence-electron chi connectivity index (χ3n) is 5.93. The van der Waals surface area contributed by atoms with Gasteiger partial charge in [-0.2, -0.15) is 18.3 Å². The fourth-order valence-corrected chi connectivity index (χ4v) is 4.54. The number of aryl methyl sites for hydroxylation is 1. The van der Waals surface area contributed by atoms with Crippen molar-refractivity contribution in [2.45, 2.75) is 57.3 Å². The molecule has 0 aliphatic carbocycles. The zero-order valence-corrected chi connectivity index (χ0v) is 25.8. The summed E-state index contributed by atoms with van der Waals surface area (Å²) in [6.45, 7) is 7.06. The summed E-state index contributed by atoms with van der Waals surface area (Å²) < 4.78 is 78.6. The minimum absolute atomic E-state index is 0.121. The van der Waals surface area contributed by atoms with E-state index in [9.17, 15) is 36.4 Å². The molecule has 1 aromatic heterocycles. The number of carbonyl (C=O) groups is 2. The van der Waals surface area contributed by atoms with Crippen molar-refractivity contribution in [3.05, 3.63) is 71.1 Å². The summed E-state index contributed by atoms with van der Waals surface area (Å²) in [5.74, 6) is -1.12. The van der Waals surface area contributed by atoms with Crippen LogP contribution in [-0.4, -0.2) is 65.7 Å². The monoisotopic (exact) mass is 656 g/mol. The molecule has 14 nitrogen and oxygen atoms in total. The molecule has 0 fully saturated rings. The van der Waals surface area contributed by atoms with E-state index in [1.807, 2.05) is 11.6 Å². The van der Waals surface area contributed by atoms with Gasteiger partial charge in [-0.3, -0.25) is 4.79 Å². The number of sulfonamides is 1. The second-order valence-electron chi connectivity index (χ2n) is 10.6. The Morgan fingerprint density at radius 2 is 1.71 bits per heavy atom. The molecule has 1 atom stereocenters. The van der Waals surface area contributed by atoms with Crippen LogP contribution in [0.5, 0.6) is 0 Å². The van der Waals surface area contributed by atoms with Gasteiger partial charge in [0, 0.05) is 5.56 Å². The van der Waals surface area contributed by atoms with E-state index < -0.39 is 52.4 Å². The molecular formula is C27H31F3N6O8S. The summed E-state index contributed by atoms with van der Waals surface area (Å²) in [4.78, 5) is 28.1. The van der Waals surface area contributed by atoms with Gasteiger partial charge in [-0.1, -0.05) is 29.8 Å². The Labute approximate surface area is 256 Å². The average Bonchev–Trinajstić information content (AvgIpc) is 3.40. The SMILES string of the molecule is Cc1ccc(-c2cc(C(F)(F)F)nn2-c2ccc(S(=O)(=O)NC(=O)[C@H](C)N(C)[N+]([O-])=NOCOC(=O)OC(C)(C)C)cc2)cc1. The first-order chi connectivity index (χ1) is 20.8. The molecular weight excluding hydrogens is 625 g/mol. The van der Waals surface area contributed by atoms with Crippen LogP contribution in [0.3, 0.4) is 0 Å². The van der Waals surface area contributed by atoms with Gasteiger partial charge in [0.25, 0.3) is 22.7 Å². The van der Waals surface area contributed by atoms with Crippen LogP contribution in [0.25, 0.3) is 16.9 Å². The first-order valence-corrected chi connectivity index (χ1v) is 14.6. The molecule has 18 heteroatoms. The highest BCUT2D eigenvalue weighted by Crippen LogP contribution is 2.33. The van der Waals surface area contributed by atoms with Gasteiger partial charge in [0.1, 0.15) is 5.60 Å². The first-order valence-electron chi connectivity index (χ1n) is 13.1. The first kappa shape index (κ1) is 34.6. The number of halogens is 3. The molecule has 3 aromatic rings. The summed E-state index contributed by atoms with van der Waals surface area (Å²) in [5, 5.41) is 19.6. The lowest BCUT2D eigenvalue weighted by Gasteiger charge is -2.20. The van der Waals surface area contributed by atoms with Crippen LogP contribution in [0.4, 0.5) is 18.0 Å². The second kappa shape index (κ2) is 13.4. The highest BCUT2D eigenvalue weighted by molar-refractivity contribution is 7.90. The number of carbonyl (C=O) groups excluding carboxylic acids is 2. The topological polar surface area (TPSA) is 167 Å². The minimum Gasteiger partial charge on any atom is -0.569 e. The van der Waals surface area contributed by atoms with Crippen molar-refractivity contribution in [1.29, 1.82) is 0 Å². The Hall–Kier alpha value is -4.87. The smallest absolute Gasteiger partial charge is 0.511 e. The van der Waals surface area contributed by atoms with E-state index in [-0.39, 0.29) is 21.2 Å². The molecule has 0 saturated carbocycles. The third kappa shape index (κ3) is 9.31. The molecule has 244 valence electrons. The number of nitrogens with one attached hydrogen (secondary N) is 1. The number of benzene rings is 2. The largest absolute Gasteiger partial charge is 0.569 e. The number of nitrogens with zero attached hydrogens (tertiary/aromatic N) is 5. The number of ether oxygens (including phenoxy) is 2. The number of rotatable bonds is 10. The van der Waals surface area contributed by atoms with Crippen molar-refractivity contribution in [2.75, 3.05) is 13.8 Å². The maximum atomic E-state index is 13.5.